The molecule has 12 heavy (non-hydrogen) atoms. The SMILES string of the molecule is CN(C)CCCN1CCOC1=O. The molecule has 0 unspecified atom stereocenters. The average Bonchev–Trinajstić information content (AvgIpc) is 2.36. The fourth-order valence-electron chi connectivity index (χ4n) is 1.21. The van der Waals surface area contributed by atoms with E-state index in [0.717, 1.165) is 26.1 Å². The van der Waals surface area contributed by atoms with Crippen molar-refractivity contribution in [1.29, 1.82) is 0 Å². The smallest absolute Gasteiger partial charge is 0.409 e. The average molecular weight is 172 g/mol. The summed E-state index contributed by atoms with van der Waals surface area (Å²) in [5.74, 6) is 0. The van der Waals surface area contributed by atoms with Gasteiger partial charge in [-0.3, -0.25) is 0 Å². The van der Waals surface area contributed by atoms with Gasteiger partial charge in [0.05, 0.1) is 6.54 Å². The quantitative estimate of drug-likeness (QED) is 0.615. The van der Waals surface area contributed by atoms with Gasteiger partial charge in [-0.15, -0.1) is 0 Å². The molecule has 1 saturated heterocycles. The van der Waals surface area contributed by atoms with Crippen molar-refractivity contribution in [3.8, 4) is 0 Å². The van der Waals surface area contributed by atoms with Crippen LogP contribution in [0.15, 0.2) is 0 Å². The number of ether oxygens (including phenoxy) is 1. The first-order valence-corrected chi connectivity index (χ1v) is 4.26. The maximum atomic E-state index is 10.9. The van der Waals surface area contributed by atoms with Gasteiger partial charge in [-0.1, -0.05) is 0 Å². The van der Waals surface area contributed by atoms with Crippen LogP contribution < -0.4 is 0 Å². The lowest BCUT2D eigenvalue weighted by atomic mass is 10.4. The topological polar surface area (TPSA) is 32.8 Å². The third-order valence-corrected chi connectivity index (χ3v) is 1.88. The fourth-order valence-corrected chi connectivity index (χ4v) is 1.21. The minimum Gasteiger partial charge on any atom is -0.448 e. The number of carbonyl (C=O) groups excluding carboxylic acids is 1. The van der Waals surface area contributed by atoms with Crippen molar-refractivity contribution in [3.63, 3.8) is 0 Å². The van der Waals surface area contributed by atoms with Gasteiger partial charge in [-0.25, -0.2) is 4.79 Å². The molecule has 1 aliphatic rings. The van der Waals surface area contributed by atoms with Gasteiger partial charge in [0.25, 0.3) is 0 Å². The number of hydrogen-bond donors (Lipinski definition) is 0. The maximum absolute atomic E-state index is 10.9. The zero-order valence-corrected chi connectivity index (χ0v) is 7.75. The second-order valence-corrected chi connectivity index (χ2v) is 3.26. The van der Waals surface area contributed by atoms with Crippen LogP contribution in [0.4, 0.5) is 4.79 Å². The molecule has 1 amide bonds. The van der Waals surface area contributed by atoms with E-state index in [1.54, 1.807) is 4.90 Å². The molecular formula is C8H16N2O2. The van der Waals surface area contributed by atoms with Gasteiger partial charge < -0.3 is 14.5 Å². The van der Waals surface area contributed by atoms with E-state index in [4.69, 9.17) is 4.74 Å². The third-order valence-electron chi connectivity index (χ3n) is 1.88. The van der Waals surface area contributed by atoms with E-state index < -0.39 is 0 Å². The standard InChI is InChI=1S/C8H16N2O2/c1-9(2)4-3-5-10-6-7-12-8(10)11/h3-7H2,1-2H3. The van der Waals surface area contributed by atoms with Crippen LogP contribution in [0.25, 0.3) is 0 Å². The molecule has 0 aliphatic carbocycles. The lowest BCUT2D eigenvalue weighted by Gasteiger charge is -2.14. The van der Waals surface area contributed by atoms with Crippen LogP contribution in [0.5, 0.6) is 0 Å². The molecule has 1 heterocycles. The van der Waals surface area contributed by atoms with Gasteiger partial charge in [-0.05, 0) is 27.1 Å². The molecule has 0 aromatic carbocycles. The highest BCUT2D eigenvalue weighted by molar-refractivity contribution is 5.69. The molecule has 1 fully saturated rings. The zero-order valence-electron chi connectivity index (χ0n) is 7.75. The van der Waals surface area contributed by atoms with Gasteiger partial charge in [0.2, 0.25) is 0 Å². The van der Waals surface area contributed by atoms with Crippen LogP contribution in [0.1, 0.15) is 6.42 Å². The Balaban J connectivity index is 2.10. The number of cyclic esters (lactones) is 1. The number of nitrogens with zero attached hydrogens (tertiary/aromatic N) is 2. The summed E-state index contributed by atoms with van der Waals surface area (Å²) >= 11 is 0. The molecule has 0 aromatic rings. The van der Waals surface area contributed by atoms with Crippen molar-refractivity contribution in [2.24, 2.45) is 0 Å². The Morgan fingerprint density at radius 2 is 2.33 bits per heavy atom. The first kappa shape index (κ1) is 9.32. The van der Waals surface area contributed by atoms with Gasteiger partial charge in [0.1, 0.15) is 6.61 Å². The Labute approximate surface area is 73.1 Å². The van der Waals surface area contributed by atoms with Gasteiger partial charge >= 0.3 is 6.09 Å². The van der Waals surface area contributed by atoms with E-state index in [2.05, 4.69) is 4.90 Å². The highest BCUT2D eigenvalue weighted by atomic mass is 16.6. The largest absolute Gasteiger partial charge is 0.448 e. The molecule has 0 saturated carbocycles. The molecule has 4 heteroatoms. The predicted octanol–water partition coefficient (Wildman–Crippen LogP) is 0.390. The van der Waals surface area contributed by atoms with Gasteiger partial charge in [0, 0.05) is 6.54 Å². The Hall–Kier alpha value is -0.770. The lowest BCUT2D eigenvalue weighted by molar-refractivity contribution is 0.157. The van der Waals surface area contributed by atoms with Crippen LogP contribution in [0.3, 0.4) is 0 Å². The summed E-state index contributed by atoms with van der Waals surface area (Å²) in [6, 6.07) is 0. The van der Waals surface area contributed by atoms with E-state index in [9.17, 15) is 4.79 Å². The first-order chi connectivity index (χ1) is 5.70. The van der Waals surface area contributed by atoms with Crippen molar-refractivity contribution in [2.75, 3.05) is 40.3 Å². The summed E-state index contributed by atoms with van der Waals surface area (Å²) < 4.78 is 4.80. The van der Waals surface area contributed by atoms with Crippen molar-refractivity contribution in [1.82, 2.24) is 9.80 Å². The highest BCUT2D eigenvalue weighted by Crippen LogP contribution is 2.03. The maximum Gasteiger partial charge on any atom is 0.409 e. The Morgan fingerprint density at radius 3 is 2.83 bits per heavy atom. The van der Waals surface area contributed by atoms with Crippen LogP contribution in [0.2, 0.25) is 0 Å². The van der Waals surface area contributed by atoms with E-state index >= 15 is 0 Å². The molecule has 0 atom stereocenters. The molecule has 1 aliphatic heterocycles. The number of carbonyl (C=O) groups is 1. The number of amides is 1. The normalized spacial score (nSPS) is 17.2. The van der Waals surface area contributed by atoms with E-state index in [1.165, 1.54) is 0 Å². The summed E-state index contributed by atoms with van der Waals surface area (Å²) in [5.41, 5.74) is 0. The van der Waals surface area contributed by atoms with Crippen LogP contribution in [0, 0.1) is 0 Å². The Kier molecular flexibility index (Phi) is 3.34. The van der Waals surface area contributed by atoms with E-state index in [1.807, 2.05) is 14.1 Å². The summed E-state index contributed by atoms with van der Waals surface area (Å²) in [6.07, 6.45) is 0.857. The summed E-state index contributed by atoms with van der Waals surface area (Å²) in [6.45, 7) is 3.15. The van der Waals surface area contributed by atoms with Gasteiger partial charge in [-0.2, -0.15) is 0 Å². The molecule has 0 bridgehead atoms. The van der Waals surface area contributed by atoms with Crippen molar-refractivity contribution >= 4 is 6.09 Å². The minimum atomic E-state index is -0.159. The number of hydrogen-bond acceptors (Lipinski definition) is 3. The molecule has 1 rings (SSSR count). The molecular weight excluding hydrogens is 156 g/mol. The number of rotatable bonds is 4. The predicted molar refractivity (Wildman–Crippen MR) is 46.1 cm³/mol. The molecule has 0 radical (unpaired) electrons. The minimum absolute atomic E-state index is 0.159. The van der Waals surface area contributed by atoms with Crippen LogP contribution in [-0.2, 0) is 4.74 Å². The lowest BCUT2D eigenvalue weighted by Crippen LogP contribution is -2.27. The molecule has 4 nitrogen and oxygen atoms in total. The molecule has 0 spiro atoms. The fraction of sp³-hybridized carbons (Fsp3) is 0.875. The second-order valence-electron chi connectivity index (χ2n) is 3.26. The Morgan fingerprint density at radius 1 is 1.58 bits per heavy atom. The third kappa shape index (κ3) is 2.70. The first-order valence-electron chi connectivity index (χ1n) is 4.26. The second kappa shape index (κ2) is 4.30. The zero-order chi connectivity index (χ0) is 8.97. The summed E-state index contributed by atoms with van der Waals surface area (Å²) in [4.78, 5) is 14.8. The van der Waals surface area contributed by atoms with Crippen molar-refractivity contribution in [2.45, 2.75) is 6.42 Å². The van der Waals surface area contributed by atoms with Gasteiger partial charge in [0.15, 0.2) is 0 Å². The van der Waals surface area contributed by atoms with E-state index in [0.29, 0.717) is 6.61 Å². The summed E-state index contributed by atoms with van der Waals surface area (Å²) in [7, 11) is 4.06. The van der Waals surface area contributed by atoms with Crippen LogP contribution in [-0.4, -0.2) is 56.2 Å². The molecule has 0 aromatic heterocycles. The van der Waals surface area contributed by atoms with Crippen molar-refractivity contribution in [3.05, 3.63) is 0 Å². The van der Waals surface area contributed by atoms with Crippen LogP contribution >= 0.6 is 0 Å². The molecule has 70 valence electrons. The summed E-state index contributed by atoms with van der Waals surface area (Å²) in [5, 5.41) is 0. The Bertz CT molecular complexity index is 159. The monoisotopic (exact) mass is 172 g/mol. The van der Waals surface area contributed by atoms with Crippen molar-refractivity contribution < 1.29 is 9.53 Å². The van der Waals surface area contributed by atoms with E-state index in [-0.39, 0.29) is 6.09 Å². The molecule has 0 N–H and O–H groups in total. The highest BCUT2D eigenvalue weighted by Gasteiger charge is 2.20.